The average Bonchev–Trinajstić information content (AvgIpc) is 3.25. The zero-order valence-corrected chi connectivity index (χ0v) is 17.1. The van der Waals surface area contributed by atoms with E-state index in [1.807, 2.05) is 37.3 Å². The molecule has 1 unspecified atom stereocenters. The highest BCUT2D eigenvalue weighted by atomic mass is 19.1. The molecule has 8 heteroatoms. The number of hydrogen-bond acceptors (Lipinski definition) is 4. The Labute approximate surface area is 183 Å². The van der Waals surface area contributed by atoms with Crippen LogP contribution >= 0.6 is 0 Å². The molecule has 4 rings (SSSR count). The third-order valence-electron chi connectivity index (χ3n) is 5.02. The first kappa shape index (κ1) is 20.9. The molecule has 0 spiro atoms. The van der Waals surface area contributed by atoms with Gasteiger partial charge in [-0.25, -0.2) is 9.07 Å². The number of nitrogens with zero attached hydrogens (tertiary/aromatic N) is 3. The first-order valence-electron chi connectivity index (χ1n) is 9.89. The Hall–Kier alpha value is -4.33. The van der Waals surface area contributed by atoms with Gasteiger partial charge in [0, 0.05) is 17.7 Å². The summed E-state index contributed by atoms with van der Waals surface area (Å²) in [5, 5.41) is 18.5. The second-order valence-electron chi connectivity index (χ2n) is 7.19. The van der Waals surface area contributed by atoms with Gasteiger partial charge in [0.1, 0.15) is 11.5 Å². The van der Waals surface area contributed by atoms with Crippen molar-refractivity contribution < 1.29 is 14.1 Å². The third kappa shape index (κ3) is 4.24. The van der Waals surface area contributed by atoms with Crippen molar-refractivity contribution in [3.8, 4) is 16.9 Å². The van der Waals surface area contributed by atoms with Gasteiger partial charge >= 0.3 is 0 Å². The molecule has 0 aliphatic rings. The zero-order valence-electron chi connectivity index (χ0n) is 17.1. The molecule has 0 radical (unpaired) electrons. The number of nitro benzene ring substituents is 1. The Morgan fingerprint density at radius 2 is 1.75 bits per heavy atom. The van der Waals surface area contributed by atoms with Crippen LogP contribution in [-0.2, 0) is 0 Å². The Bertz CT molecular complexity index is 1290. The van der Waals surface area contributed by atoms with Gasteiger partial charge in [0.15, 0.2) is 0 Å². The fourth-order valence-corrected chi connectivity index (χ4v) is 3.37. The molecule has 0 aliphatic carbocycles. The van der Waals surface area contributed by atoms with Gasteiger partial charge in [-0.15, -0.1) is 0 Å². The summed E-state index contributed by atoms with van der Waals surface area (Å²) < 4.78 is 15.7. The quantitative estimate of drug-likeness (QED) is 0.341. The highest BCUT2D eigenvalue weighted by Gasteiger charge is 2.21. The number of nitrogens with one attached hydrogen (secondary N) is 1. The maximum atomic E-state index is 14.4. The van der Waals surface area contributed by atoms with Crippen LogP contribution in [0.2, 0.25) is 0 Å². The molecule has 1 N–H and O–H groups in total. The van der Waals surface area contributed by atoms with E-state index in [4.69, 9.17) is 0 Å². The predicted octanol–water partition coefficient (Wildman–Crippen LogP) is 5.08. The van der Waals surface area contributed by atoms with Crippen LogP contribution in [0.3, 0.4) is 0 Å². The Kier molecular flexibility index (Phi) is 5.76. The summed E-state index contributed by atoms with van der Waals surface area (Å²) in [6.07, 6.45) is 0. The second-order valence-corrected chi connectivity index (χ2v) is 7.19. The van der Waals surface area contributed by atoms with E-state index in [9.17, 15) is 19.3 Å². The molecule has 4 aromatic rings. The van der Waals surface area contributed by atoms with Crippen LogP contribution in [0.15, 0.2) is 84.9 Å². The van der Waals surface area contributed by atoms with Crippen LogP contribution in [0.25, 0.3) is 16.9 Å². The first-order valence-corrected chi connectivity index (χ1v) is 9.89. The summed E-state index contributed by atoms with van der Waals surface area (Å²) in [4.78, 5) is 23.9. The van der Waals surface area contributed by atoms with E-state index >= 15 is 0 Å². The maximum Gasteiger partial charge on any atom is 0.271 e. The van der Waals surface area contributed by atoms with Crippen LogP contribution in [0.1, 0.15) is 29.0 Å². The minimum absolute atomic E-state index is 0.131. The predicted molar refractivity (Wildman–Crippen MR) is 118 cm³/mol. The third-order valence-corrected chi connectivity index (χ3v) is 5.02. The van der Waals surface area contributed by atoms with Crippen molar-refractivity contribution in [3.05, 3.63) is 112 Å². The molecule has 32 heavy (non-hydrogen) atoms. The van der Waals surface area contributed by atoms with Crippen molar-refractivity contribution in [1.29, 1.82) is 0 Å². The average molecular weight is 430 g/mol. The number of aromatic nitrogens is 2. The summed E-state index contributed by atoms with van der Waals surface area (Å²) in [6, 6.07) is 22.5. The molecule has 160 valence electrons. The topological polar surface area (TPSA) is 90.1 Å². The summed E-state index contributed by atoms with van der Waals surface area (Å²) in [5.74, 6) is -0.927. The minimum atomic E-state index is -0.526. The van der Waals surface area contributed by atoms with Gasteiger partial charge in [0.05, 0.1) is 22.3 Å². The Morgan fingerprint density at radius 3 is 2.47 bits per heavy atom. The highest BCUT2D eigenvalue weighted by Crippen LogP contribution is 2.26. The van der Waals surface area contributed by atoms with Crippen molar-refractivity contribution >= 4 is 11.6 Å². The molecule has 7 nitrogen and oxygen atoms in total. The number of nitro groups is 1. The van der Waals surface area contributed by atoms with Gasteiger partial charge in [0.2, 0.25) is 0 Å². The van der Waals surface area contributed by atoms with Crippen LogP contribution < -0.4 is 5.32 Å². The molecule has 0 aliphatic heterocycles. The normalized spacial score (nSPS) is 11.7. The van der Waals surface area contributed by atoms with Gasteiger partial charge in [-0.2, -0.15) is 5.10 Å². The molecule has 1 heterocycles. The lowest BCUT2D eigenvalue weighted by molar-refractivity contribution is -0.384. The number of amides is 1. The number of halogens is 1. The van der Waals surface area contributed by atoms with Crippen LogP contribution in [0.5, 0.6) is 0 Å². The lowest BCUT2D eigenvalue weighted by atomic mass is 10.1. The highest BCUT2D eigenvalue weighted by molar-refractivity contribution is 5.94. The number of carbonyl (C=O) groups is 1. The molecule has 3 aromatic carbocycles. The van der Waals surface area contributed by atoms with E-state index in [-0.39, 0.29) is 28.7 Å². The van der Waals surface area contributed by atoms with E-state index in [1.54, 1.807) is 24.3 Å². The lowest BCUT2D eigenvalue weighted by Gasteiger charge is -2.15. The van der Waals surface area contributed by atoms with Crippen molar-refractivity contribution in [3.63, 3.8) is 0 Å². The van der Waals surface area contributed by atoms with Gasteiger partial charge < -0.3 is 5.32 Å². The van der Waals surface area contributed by atoms with Crippen molar-refractivity contribution in [2.45, 2.75) is 13.0 Å². The van der Waals surface area contributed by atoms with E-state index < -0.39 is 16.6 Å². The van der Waals surface area contributed by atoms with Gasteiger partial charge in [-0.1, -0.05) is 48.5 Å². The van der Waals surface area contributed by atoms with Crippen molar-refractivity contribution in [2.24, 2.45) is 0 Å². The number of non-ortho nitro benzene ring substituents is 1. The van der Waals surface area contributed by atoms with E-state index in [1.165, 1.54) is 35.0 Å². The van der Waals surface area contributed by atoms with E-state index in [0.717, 1.165) is 5.56 Å². The molecule has 0 fully saturated rings. The van der Waals surface area contributed by atoms with Gasteiger partial charge in [-0.3, -0.25) is 14.9 Å². The summed E-state index contributed by atoms with van der Waals surface area (Å²) in [5.41, 5.74) is 1.69. The summed E-state index contributed by atoms with van der Waals surface area (Å²) >= 11 is 0. The molecular formula is C24H19FN4O3. The van der Waals surface area contributed by atoms with Crippen LogP contribution in [0, 0.1) is 15.9 Å². The number of rotatable bonds is 6. The number of carbonyl (C=O) groups excluding carboxylic acids is 1. The van der Waals surface area contributed by atoms with Crippen LogP contribution in [-0.4, -0.2) is 20.6 Å². The summed E-state index contributed by atoms with van der Waals surface area (Å²) in [7, 11) is 0. The smallest absolute Gasteiger partial charge is 0.271 e. The summed E-state index contributed by atoms with van der Waals surface area (Å²) in [6.45, 7) is 1.85. The first-order chi connectivity index (χ1) is 15.4. The van der Waals surface area contributed by atoms with E-state index in [2.05, 4.69) is 10.4 Å². The fraction of sp³-hybridized carbons (Fsp3) is 0.0833. The SMILES string of the molecule is CC(NC(=O)c1cc(-c2ccccc2F)nn1-c1cccc([N+](=O)[O-])c1)c1ccccc1. The largest absolute Gasteiger partial charge is 0.344 e. The molecule has 1 atom stereocenters. The molecular weight excluding hydrogens is 411 g/mol. The zero-order chi connectivity index (χ0) is 22.7. The second kappa shape index (κ2) is 8.81. The van der Waals surface area contributed by atoms with Gasteiger partial charge in [-0.05, 0) is 36.8 Å². The minimum Gasteiger partial charge on any atom is -0.344 e. The molecule has 0 bridgehead atoms. The monoisotopic (exact) mass is 430 g/mol. The van der Waals surface area contributed by atoms with E-state index in [0.29, 0.717) is 5.69 Å². The molecule has 0 saturated carbocycles. The van der Waals surface area contributed by atoms with Gasteiger partial charge in [0.25, 0.3) is 11.6 Å². The van der Waals surface area contributed by atoms with Crippen molar-refractivity contribution in [1.82, 2.24) is 15.1 Å². The Balaban J connectivity index is 1.78. The van der Waals surface area contributed by atoms with Crippen molar-refractivity contribution in [2.75, 3.05) is 0 Å². The Morgan fingerprint density at radius 1 is 1.03 bits per heavy atom. The van der Waals surface area contributed by atoms with Crippen LogP contribution in [0.4, 0.5) is 10.1 Å². The maximum absolute atomic E-state index is 14.4. The number of benzene rings is 3. The molecule has 1 aromatic heterocycles. The lowest BCUT2D eigenvalue weighted by Crippen LogP contribution is -2.28. The number of hydrogen-bond donors (Lipinski definition) is 1. The molecule has 1 amide bonds. The molecule has 0 saturated heterocycles. The fourth-order valence-electron chi connectivity index (χ4n) is 3.37. The standard InChI is InChI=1S/C24H19FN4O3/c1-16(17-8-3-2-4-9-17)26-24(30)23-15-22(20-12-5-6-13-21(20)25)27-28(23)18-10-7-11-19(14-18)29(31)32/h2-16H,1H3,(H,26,30).